The van der Waals surface area contributed by atoms with Crippen molar-refractivity contribution in [1.29, 1.82) is 0 Å². The van der Waals surface area contributed by atoms with E-state index in [1.165, 1.54) is 38.0 Å². The molecule has 2 N–H and O–H groups in total. The Bertz CT molecular complexity index is 342. The SMILES string of the molecule is CCNCC1CCN(Cc2ccc(O)cc2)CC1. The van der Waals surface area contributed by atoms with E-state index >= 15 is 0 Å². The van der Waals surface area contributed by atoms with Gasteiger partial charge in [0.2, 0.25) is 0 Å². The molecule has 2 rings (SSSR count). The molecule has 1 aliphatic rings. The molecule has 1 aromatic rings. The van der Waals surface area contributed by atoms with E-state index in [2.05, 4.69) is 17.1 Å². The number of phenols is 1. The van der Waals surface area contributed by atoms with E-state index in [4.69, 9.17) is 0 Å². The van der Waals surface area contributed by atoms with Crippen molar-refractivity contribution in [2.24, 2.45) is 5.92 Å². The molecule has 0 radical (unpaired) electrons. The van der Waals surface area contributed by atoms with E-state index in [0.717, 1.165) is 19.0 Å². The zero-order valence-electron chi connectivity index (χ0n) is 11.2. The van der Waals surface area contributed by atoms with Gasteiger partial charge in [-0.2, -0.15) is 0 Å². The lowest BCUT2D eigenvalue weighted by Crippen LogP contribution is -2.36. The average molecular weight is 248 g/mol. The molecule has 1 aliphatic heterocycles. The Morgan fingerprint density at radius 3 is 2.50 bits per heavy atom. The van der Waals surface area contributed by atoms with Crippen LogP contribution in [-0.2, 0) is 6.54 Å². The first-order valence-electron chi connectivity index (χ1n) is 6.99. The molecule has 1 saturated heterocycles. The Morgan fingerprint density at radius 1 is 1.22 bits per heavy atom. The zero-order chi connectivity index (χ0) is 12.8. The third-order valence-electron chi connectivity index (χ3n) is 3.73. The first-order valence-corrected chi connectivity index (χ1v) is 6.99. The van der Waals surface area contributed by atoms with Crippen LogP contribution in [0.5, 0.6) is 5.75 Å². The van der Waals surface area contributed by atoms with Gasteiger partial charge >= 0.3 is 0 Å². The van der Waals surface area contributed by atoms with Gasteiger partial charge in [-0.3, -0.25) is 4.90 Å². The van der Waals surface area contributed by atoms with E-state index in [9.17, 15) is 5.11 Å². The van der Waals surface area contributed by atoms with Crippen LogP contribution in [0.15, 0.2) is 24.3 Å². The quantitative estimate of drug-likeness (QED) is 0.838. The molecule has 0 aliphatic carbocycles. The molecule has 0 unspecified atom stereocenters. The average Bonchev–Trinajstić information content (AvgIpc) is 2.41. The van der Waals surface area contributed by atoms with Crippen LogP contribution in [0.2, 0.25) is 0 Å². The predicted molar refractivity (Wildman–Crippen MR) is 74.7 cm³/mol. The molecular weight excluding hydrogens is 224 g/mol. The third kappa shape index (κ3) is 4.00. The van der Waals surface area contributed by atoms with Crippen LogP contribution in [0.25, 0.3) is 0 Å². The fourth-order valence-electron chi connectivity index (χ4n) is 2.56. The minimum absolute atomic E-state index is 0.350. The molecule has 0 amide bonds. The summed E-state index contributed by atoms with van der Waals surface area (Å²) in [5, 5.41) is 12.7. The second-order valence-electron chi connectivity index (χ2n) is 5.19. The summed E-state index contributed by atoms with van der Waals surface area (Å²) in [6, 6.07) is 7.57. The summed E-state index contributed by atoms with van der Waals surface area (Å²) in [5.74, 6) is 1.20. The molecule has 0 aromatic heterocycles. The van der Waals surface area contributed by atoms with Gasteiger partial charge in [-0.05, 0) is 62.6 Å². The Kier molecular flexibility index (Phi) is 5.02. The number of nitrogens with one attached hydrogen (secondary N) is 1. The van der Waals surface area contributed by atoms with Crippen molar-refractivity contribution in [2.45, 2.75) is 26.3 Å². The molecule has 3 nitrogen and oxygen atoms in total. The van der Waals surface area contributed by atoms with E-state index in [1.54, 1.807) is 12.1 Å². The second kappa shape index (κ2) is 6.76. The first-order chi connectivity index (χ1) is 8.78. The normalized spacial score (nSPS) is 18.1. The fraction of sp³-hybridized carbons (Fsp3) is 0.600. The van der Waals surface area contributed by atoms with Crippen molar-refractivity contribution in [3.8, 4) is 5.75 Å². The smallest absolute Gasteiger partial charge is 0.115 e. The highest BCUT2D eigenvalue weighted by molar-refractivity contribution is 5.25. The van der Waals surface area contributed by atoms with Gasteiger partial charge in [0.15, 0.2) is 0 Å². The molecule has 0 saturated carbocycles. The molecule has 1 aromatic carbocycles. The highest BCUT2D eigenvalue weighted by Gasteiger charge is 2.18. The number of benzene rings is 1. The van der Waals surface area contributed by atoms with Gasteiger partial charge in [0, 0.05) is 6.54 Å². The van der Waals surface area contributed by atoms with Crippen molar-refractivity contribution in [3.63, 3.8) is 0 Å². The number of phenolic OH excluding ortho intramolecular Hbond substituents is 1. The Hall–Kier alpha value is -1.06. The van der Waals surface area contributed by atoms with Gasteiger partial charge in [0.1, 0.15) is 5.75 Å². The highest BCUT2D eigenvalue weighted by Crippen LogP contribution is 2.19. The van der Waals surface area contributed by atoms with Gasteiger partial charge in [0.05, 0.1) is 0 Å². The first kappa shape index (κ1) is 13.4. The summed E-state index contributed by atoms with van der Waals surface area (Å²) >= 11 is 0. The largest absolute Gasteiger partial charge is 0.508 e. The van der Waals surface area contributed by atoms with E-state index in [0.29, 0.717) is 5.75 Å². The molecule has 1 heterocycles. The molecule has 0 bridgehead atoms. The third-order valence-corrected chi connectivity index (χ3v) is 3.73. The molecule has 0 atom stereocenters. The van der Waals surface area contributed by atoms with Gasteiger partial charge in [-0.1, -0.05) is 19.1 Å². The lowest BCUT2D eigenvalue weighted by Gasteiger charge is -2.32. The van der Waals surface area contributed by atoms with Crippen molar-refractivity contribution in [2.75, 3.05) is 26.2 Å². The Labute approximate surface area is 110 Å². The summed E-state index contributed by atoms with van der Waals surface area (Å²) in [4.78, 5) is 2.51. The maximum atomic E-state index is 9.26. The predicted octanol–water partition coefficient (Wildman–Crippen LogP) is 2.21. The summed E-state index contributed by atoms with van der Waals surface area (Å²) < 4.78 is 0. The number of rotatable bonds is 5. The van der Waals surface area contributed by atoms with E-state index < -0.39 is 0 Å². The minimum atomic E-state index is 0.350. The monoisotopic (exact) mass is 248 g/mol. The Balaban J connectivity index is 1.74. The van der Waals surface area contributed by atoms with E-state index in [1.807, 2.05) is 12.1 Å². The molecule has 0 spiro atoms. The lowest BCUT2D eigenvalue weighted by atomic mass is 9.96. The Morgan fingerprint density at radius 2 is 1.89 bits per heavy atom. The number of nitrogens with zero attached hydrogens (tertiary/aromatic N) is 1. The minimum Gasteiger partial charge on any atom is -0.508 e. The molecule has 1 fully saturated rings. The van der Waals surface area contributed by atoms with Crippen LogP contribution < -0.4 is 5.32 Å². The van der Waals surface area contributed by atoms with Gasteiger partial charge in [-0.25, -0.2) is 0 Å². The number of likely N-dealkylation sites (tertiary alicyclic amines) is 1. The topological polar surface area (TPSA) is 35.5 Å². The second-order valence-corrected chi connectivity index (χ2v) is 5.19. The van der Waals surface area contributed by atoms with Crippen molar-refractivity contribution < 1.29 is 5.11 Å². The summed E-state index contributed by atoms with van der Waals surface area (Å²) in [6.07, 6.45) is 2.59. The molecule has 100 valence electrons. The number of hydrogen-bond donors (Lipinski definition) is 2. The van der Waals surface area contributed by atoms with Gasteiger partial charge in [-0.15, -0.1) is 0 Å². The van der Waals surface area contributed by atoms with Crippen LogP contribution >= 0.6 is 0 Å². The maximum absolute atomic E-state index is 9.26. The number of piperidine rings is 1. The molecular formula is C15H24N2O. The van der Waals surface area contributed by atoms with Crippen LogP contribution in [0.4, 0.5) is 0 Å². The van der Waals surface area contributed by atoms with Crippen LogP contribution in [0.3, 0.4) is 0 Å². The van der Waals surface area contributed by atoms with Crippen molar-refractivity contribution in [3.05, 3.63) is 29.8 Å². The summed E-state index contributed by atoms with van der Waals surface area (Å²) in [6.45, 7) is 7.80. The van der Waals surface area contributed by atoms with Crippen LogP contribution in [0, 0.1) is 5.92 Å². The lowest BCUT2D eigenvalue weighted by molar-refractivity contribution is 0.176. The highest BCUT2D eigenvalue weighted by atomic mass is 16.3. The van der Waals surface area contributed by atoms with E-state index in [-0.39, 0.29) is 0 Å². The molecule has 18 heavy (non-hydrogen) atoms. The van der Waals surface area contributed by atoms with Gasteiger partial charge in [0.25, 0.3) is 0 Å². The van der Waals surface area contributed by atoms with Crippen molar-refractivity contribution >= 4 is 0 Å². The molecule has 3 heteroatoms. The fourth-order valence-corrected chi connectivity index (χ4v) is 2.56. The summed E-state index contributed by atoms with van der Waals surface area (Å²) in [5.41, 5.74) is 1.29. The standard InChI is InChI=1S/C15H24N2O/c1-2-16-11-13-7-9-17(10-8-13)12-14-3-5-15(18)6-4-14/h3-6,13,16,18H,2,7-12H2,1H3. The zero-order valence-corrected chi connectivity index (χ0v) is 11.2. The maximum Gasteiger partial charge on any atom is 0.115 e. The number of aromatic hydroxyl groups is 1. The van der Waals surface area contributed by atoms with Crippen molar-refractivity contribution in [1.82, 2.24) is 10.2 Å². The van der Waals surface area contributed by atoms with Crippen LogP contribution in [-0.4, -0.2) is 36.2 Å². The number of hydrogen-bond acceptors (Lipinski definition) is 3. The van der Waals surface area contributed by atoms with Gasteiger partial charge < -0.3 is 10.4 Å². The van der Waals surface area contributed by atoms with Crippen LogP contribution in [0.1, 0.15) is 25.3 Å². The summed E-state index contributed by atoms with van der Waals surface area (Å²) in [7, 11) is 0.